The number of hydrogen-bond acceptors (Lipinski definition) is 4. The Hall–Kier alpha value is -2.83. The lowest BCUT2D eigenvalue weighted by atomic mass is 10.1. The molecule has 0 saturated heterocycles. The van der Waals surface area contributed by atoms with Crippen LogP contribution in [0.25, 0.3) is 0 Å². The van der Waals surface area contributed by atoms with Gasteiger partial charge in [-0.05, 0) is 36.2 Å². The first-order chi connectivity index (χ1) is 12.8. The van der Waals surface area contributed by atoms with Gasteiger partial charge in [-0.25, -0.2) is 9.59 Å². The second kappa shape index (κ2) is 9.21. The summed E-state index contributed by atoms with van der Waals surface area (Å²) in [4.78, 5) is 24.4. The van der Waals surface area contributed by atoms with Gasteiger partial charge in [0.1, 0.15) is 6.61 Å². The van der Waals surface area contributed by atoms with Gasteiger partial charge in [-0.1, -0.05) is 37.6 Å². The Bertz CT molecular complexity index is 783. The predicted octanol–water partition coefficient (Wildman–Crippen LogP) is 5.02. The predicted molar refractivity (Wildman–Crippen MR) is 92.2 cm³/mol. The highest BCUT2D eigenvalue weighted by atomic mass is 19.4. The van der Waals surface area contributed by atoms with E-state index in [-0.39, 0.29) is 24.3 Å². The number of benzene rings is 2. The van der Waals surface area contributed by atoms with E-state index in [9.17, 15) is 22.8 Å². The van der Waals surface area contributed by atoms with Crippen molar-refractivity contribution in [3.8, 4) is 0 Å². The summed E-state index contributed by atoms with van der Waals surface area (Å²) in [5.41, 5.74) is -0.242. The molecule has 0 aromatic heterocycles. The van der Waals surface area contributed by atoms with E-state index in [1.165, 1.54) is 24.3 Å². The Morgan fingerprint density at radius 3 is 1.96 bits per heavy atom. The van der Waals surface area contributed by atoms with Crippen LogP contribution in [0.2, 0.25) is 0 Å². The first-order valence-electron chi connectivity index (χ1n) is 8.42. The van der Waals surface area contributed by atoms with Crippen LogP contribution in [0.5, 0.6) is 0 Å². The second-order valence-corrected chi connectivity index (χ2v) is 5.81. The van der Waals surface area contributed by atoms with E-state index < -0.39 is 23.7 Å². The molecule has 0 bridgehead atoms. The summed E-state index contributed by atoms with van der Waals surface area (Å²) in [6.07, 6.45) is -2.84. The van der Waals surface area contributed by atoms with Crippen molar-refractivity contribution in [2.45, 2.75) is 32.5 Å². The zero-order valence-corrected chi connectivity index (χ0v) is 14.7. The van der Waals surface area contributed by atoms with Crippen LogP contribution in [0.15, 0.2) is 48.5 Å². The molecule has 27 heavy (non-hydrogen) atoms. The molecule has 0 atom stereocenters. The van der Waals surface area contributed by atoms with Crippen molar-refractivity contribution in [2.75, 3.05) is 6.61 Å². The second-order valence-electron chi connectivity index (χ2n) is 5.81. The van der Waals surface area contributed by atoms with E-state index in [2.05, 4.69) is 0 Å². The van der Waals surface area contributed by atoms with Crippen molar-refractivity contribution in [3.63, 3.8) is 0 Å². The number of rotatable bonds is 7. The number of carbonyl (C=O) groups is 2. The fourth-order valence-electron chi connectivity index (χ4n) is 2.24. The monoisotopic (exact) mass is 380 g/mol. The van der Waals surface area contributed by atoms with Gasteiger partial charge in [-0.2, -0.15) is 13.2 Å². The molecule has 2 aromatic carbocycles. The van der Waals surface area contributed by atoms with Crippen LogP contribution in [0, 0.1) is 0 Å². The quantitative estimate of drug-likeness (QED) is 0.500. The molecule has 144 valence electrons. The molecule has 0 spiro atoms. The van der Waals surface area contributed by atoms with Crippen LogP contribution in [0.3, 0.4) is 0 Å². The van der Waals surface area contributed by atoms with Crippen LogP contribution in [-0.4, -0.2) is 18.5 Å². The van der Waals surface area contributed by atoms with Crippen molar-refractivity contribution >= 4 is 11.9 Å². The molecule has 0 radical (unpaired) electrons. The molecule has 0 fully saturated rings. The summed E-state index contributed by atoms with van der Waals surface area (Å²) in [5, 5.41) is 0. The van der Waals surface area contributed by atoms with E-state index in [0.29, 0.717) is 12.0 Å². The summed E-state index contributed by atoms with van der Waals surface area (Å²) < 4.78 is 47.9. The molecule has 2 aromatic rings. The van der Waals surface area contributed by atoms with Crippen LogP contribution in [0.1, 0.15) is 51.6 Å². The van der Waals surface area contributed by atoms with Gasteiger partial charge < -0.3 is 9.47 Å². The fourth-order valence-corrected chi connectivity index (χ4v) is 2.24. The SMILES string of the molecule is CCCCOC(=O)c1ccccc1C(=O)OCc1ccc(C(F)(F)F)cc1. The van der Waals surface area contributed by atoms with Crippen LogP contribution >= 0.6 is 0 Å². The first-order valence-corrected chi connectivity index (χ1v) is 8.42. The van der Waals surface area contributed by atoms with Crippen molar-refractivity contribution in [1.82, 2.24) is 0 Å². The maximum absolute atomic E-state index is 12.6. The maximum Gasteiger partial charge on any atom is 0.416 e. The van der Waals surface area contributed by atoms with E-state index in [1.54, 1.807) is 12.1 Å². The summed E-state index contributed by atoms with van der Waals surface area (Å²) in [7, 11) is 0. The molecule has 0 aliphatic heterocycles. The normalized spacial score (nSPS) is 11.1. The molecular weight excluding hydrogens is 361 g/mol. The molecule has 0 amide bonds. The topological polar surface area (TPSA) is 52.6 Å². The number of alkyl halides is 3. The smallest absolute Gasteiger partial charge is 0.416 e. The van der Waals surface area contributed by atoms with Crippen LogP contribution in [0.4, 0.5) is 13.2 Å². The number of unbranched alkanes of at least 4 members (excludes halogenated alkanes) is 1. The van der Waals surface area contributed by atoms with E-state index in [0.717, 1.165) is 18.6 Å². The van der Waals surface area contributed by atoms with Gasteiger partial charge >= 0.3 is 18.1 Å². The Morgan fingerprint density at radius 2 is 1.44 bits per heavy atom. The number of halogens is 3. The van der Waals surface area contributed by atoms with Crippen molar-refractivity contribution < 1.29 is 32.2 Å². The average molecular weight is 380 g/mol. The molecule has 0 saturated carbocycles. The zero-order chi connectivity index (χ0) is 19.9. The third-order valence-corrected chi connectivity index (χ3v) is 3.75. The van der Waals surface area contributed by atoms with E-state index >= 15 is 0 Å². The number of ether oxygens (including phenoxy) is 2. The zero-order valence-electron chi connectivity index (χ0n) is 14.7. The summed E-state index contributed by atoms with van der Waals surface area (Å²) in [5.74, 6) is -1.37. The molecule has 7 heteroatoms. The van der Waals surface area contributed by atoms with Gasteiger partial charge in [0.2, 0.25) is 0 Å². The minimum absolute atomic E-state index is 0.0471. The van der Waals surface area contributed by atoms with E-state index in [1.807, 2.05) is 6.92 Å². The fraction of sp³-hybridized carbons (Fsp3) is 0.300. The highest BCUT2D eigenvalue weighted by Crippen LogP contribution is 2.29. The van der Waals surface area contributed by atoms with Gasteiger partial charge in [0.25, 0.3) is 0 Å². The van der Waals surface area contributed by atoms with Crippen molar-refractivity contribution in [1.29, 1.82) is 0 Å². The lowest BCUT2D eigenvalue weighted by molar-refractivity contribution is -0.137. The van der Waals surface area contributed by atoms with Crippen molar-refractivity contribution in [3.05, 3.63) is 70.8 Å². The maximum atomic E-state index is 12.6. The minimum atomic E-state index is -4.42. The highest BCUT2D eigenvalue weighted by Gasteiger charge is 2.30. The van der Waals surface area contributed by atoms with Crippen LogP contribution in [-0.2, 0) is 22.3 Å². The number of esters is 2. The highest BCUT2D eigenvalue weighted by molar-refractivity contribution is 6.03. The average Bonchev–Trinajstić information content (AvgIpc) is 2.66. The van der Waals surface area contributed by atoms with E-state index in [4.69, 9.17) is 9.47 Å². The molecule has 0 heterocycles. The van der Waals surface area contributed by atoms with Gasteiger partial charge in [-0.15, -0.1) is 0 Å². The van der Waals surface area contributed by atoms with Gasteiger partial charge in [0.05, 0.1) is 23.3 Å². The third kappa shape index (κ3) is 5.84. The molecule has 0 N–H and O–H groups in total. The van der Waals surface area contributed by atoms with Crippen LogP contribution < -0.4 is 0 Å². The Kier molecular flexibility index (Phi) is 6.98. The molecule has 4 nitrogen and oxygen atoms in total. The number of hydrogen-bond donors (Lipinski definition) is 0. The largest absolute Gasteiger partial charge is 0.462 e. The molecule has 0 unspecified atom stereocenters. The lowest BCUT2D eigenvalue weighted by Gasteiger charge is -2.10. The Labute approximate surface area is 154 Å². The Balaban J connectivity index is 2.03. The van der Waals surface area contributed by atoms with Gasteiger partial charge in [0, 0.05) is 0 Å². The summed E-state index contributed by atoms with van der Waals surface area (Å²) >= 11 is 0. The van der Waals surface area contributed by atoms with Gasteiger partial charge in [-0.3, -0.25) is 0 Å². The third-order valence-electron chi connectivity index (χ3n) is 3.75. The number of carbonyl (C=O) groups excluding carboxylic acids is 2. The van der Waals surface area contributed by atoms with Crippen molar-refractivity contribution in [2.24, 2.45) is 0 Å². The first kappa shape index (κ1) is 20.5. The summed E-state index contributed by atoms with van der Waals surface area (Å²) in [6.45, 7) is 2.00. The Morgan fingerprint density at radius 1 is 0.889 bits per heavy atom. The lowest BCUT2D eigenvalue weighted by Crippen LogP contribution is -2.14. The minimum Gasteiger partial charge on any atom is -0.462 e. The summed E-state index contributed by atoms with van der Waals surface area (Å²) in [6, 6.07) is 10.4. The van der Waals surface area contributed by atoms with Gasteiger partial charge in [0.15, 0.2) is 0 Å². The molecule has 2 rings (SSSR count). The molecule has 0 aliphatic rings. The molecule has 0 aliphatic carbocycles. The molecular formula is C20H19F3O4. The standard InChI is InChI=1S/C20H19F3O4/c1-2-3-12-26-18(24)16-6-4-5-7-17(16)19(25)27-13-14-8-10-15(11-9-14)20(21,22)23/h4-11H,2-3,12-13H2,1H3.